The number of fused-ring (bicyclic) bond motifs is 3. The number of hydrogen-bond acceptors (Lipinski definition) is 1. The Hall–Kier alpha value is -1.70. The van der Waals surface area contributed by atoms with Crippen molar-refractivity contribution >= 4 is 0 Å². The molecule has 0 saturated heterocycles. The molecule has 0 bridgehead atoms. The predicted molar refractivity (Wildman–Crippen MR) is 86.0 cm³/mol. The molecule has 0 spiro atoms. The van der Waals surface area contributed by atoms with Gasteiger partial charge < -0.3 is 0 Å². The van der Waals surface area contributed by atoms with E-state index in [0.717, 1.165) is 12.2 Å². The molecule has 2 nitrogen and oxygen atoms in total. The maximum absolute atomic E-state index is 4.51. The second-order valence-electron chi connectivity index (χ2n) is 6.82. The summed E-state index contributed by atoms with van der Waals surface area (Å²) < 4.78 is 2.35. The average Bonchev–Trinajstić information content (AvgIpc) is 2.56. The average molecular weight is 281 g/mol. The van der Waals surface area contributed by atoms with Gasteiger partial charge in [-0.1, -0.05) is 56.4 Å². The van der Waals surface area contributed by atoms with Crippen LogP contribution in [0.3, 0.4) is 0 Å². The minimum Gasteiger partial charge on any atom is -0.229 e. The Morgan fingerprint density at radius 2 is 2.05 bits per heavy atom. The Bertz CT molecular complexity index is 658. The summed E-state index contributed by atoms with van der Waals surface area (Å²) in [6, 6.07) is 11.1. The van der Waals surface area contributed by atoms with Crippen LogP contribution in [0.5, 0.6) is 0 Å². The van der Waals surface area contributed by atoms with Gasteiger partial charge in [0.1, 0.15) is 5.69 Å². The first-order chi connectivity index (χ1) is 10.0. The molecule has 2 aromatic rings. The third-order valence-corrected chi connectivity index (χ3v) is 5.03. The minimum absolute atomic E-state index is 0.187. The van der Waals surface area contributed by atoms with Crippen LogP contribution < -0.4 is 4.57 Å². The zero-order chi connectivity index (χ0) is 15.0. The van der Waals surface area contributed by atoms with Crippen molar-refractivity contribution in [1.29, 1.82) is 0 Å². The highest BCUT2D eigenvalue weighted by Gasteiger charge is 2.38. The largest absolute Gasteiger partial charge is 0.286 e. The molecular weight excluding hydrogens is 256 g/mol. The van der Waals surface area contributed by atoms with Crippen molar-refractivity contribution < 1.29 is 4.57 Å². The van der Waals surface area contributed by atoms with Crippen molar-refractivity contribution in [1.82, 2.24) is 4.98 Å². The molecule has 110 valence electrons. The van der Waals surface area contributed by atoms with Crippen LogP contribution in [0, 0.1) is 12.8 Å². The highest BCUT2D eigenvalue weighted by molar-refractivity contribution is 5.63. The predicted octanol–water partition coefficient (Wildman–Crippen LogP) is 4.05. The molecule has 0 N–H and O–H groups in total. The maximum Gasteiger partial charge on any atom is 0.286 e. The molecule has 3 rings (SSSR count). The highest BCUT2D eigenvalue weighted by atomic mass is 15.0. The third kappa shape index (κ3) is 2.37. The normalized spacial score (nSPS) is 19.5. The smallest absolute Gasteiger partial charge is 0.229 e. The summed E-state index contributed by atoms with van der Waals surface area (Å²) in [7, 11) is 0. The van der Waals surface area contributed by atoms with Crippen molar-refractivity contribution in [2.75, 3.05) is 0 Å². The van der Waals surface area contributed by atoms with Gasteiger partial charge in [0, 0.05) is 24.5 Å². The number of hydrogen-bond donors (Lipinski definition) is 0. The molecule has 0 aliphatic carbocycles. The molecule has 2 heteroatoms. The van der Waals surface area contributed by atoms with Crippen LogP contribution in [0.15, 0.2) is 36.7 Å². The Balaban J connectivity index is 2.26. The molecule has 1 aromatic carbocycles. The Morgan fingerprint density at radius 1 is 1.29 bits per heavy atom. The molecule has 0 saturated carbocycles. The van der Waals surface area contributed by atoms with Gasteiger partial charge in [-0.05, 0) is 17.4 Å². The topological polar surface area (TPSA) is 16.8 Å². The fourth-order valence-corrected chi connectivity index (χ4v) is 3.67. The Labute approximate surface area is 127 Å². The van der Waals surface area contributed by atoms with Crippen molar-refractivity contribution in [2.24, 2.45) is 5.92 Å². The fraction of sp³-hybridized carbons (Fsp3) is 0.474. The van der Waals surface area contributed by atoms with E-state index in [1.54, 1.807) is 0 Å². The van der Waals surface area contributed by atoms with Gasteiger partial charge in [0.15, 0.2) is 5.69 Å². The van der Waals surface area contributed by atoms with Crippen LogP contribution in [0.25, 0.3) is 11.3 Å². The second-order valence-corrected chi connectivity index (χ2v) is 6.82. The molecule has 1 unspecified atom stereocenters. The minimum atomic E-state index is 0.187. The van der Waals surface area contributed by atoms with Crippen LogP contribution in [0.4, 0.5) is 0 Å². The number of aryl methyl sites for hydroxylation is 1. The van der Waals surface area contributed by atoms with E-state index in [1.807, 2.05) is 6.33 Å². The van der Waals surface area contributed by atoms with Crippen molar-refractivity contribution in [3.8, 4) is 11.3 Å². The van der Waals surface area contributed by atoms with Gasteiger partial charge in [-0.25, -0.2) is 4.57 Å². The summed E-state index contributed by atoms with van der Waals surface area (Å²) in [4.78, 5) is 4.51. The number of aromatic nitrogens is 2. The van der Waals surface area contributed by atoms with E-state index in [0.29, 0.717) is 5.92 Å². The molecular formula is C19H25N2+. The first kappa shape index (κ1) is 14.2. The van der Waals surface area contributed by atoms with Gasteiger partial charge in [0.05, 0.1) is 6.54 Å². The van der Waals surface area contributed by atoms with Crippen molar-refractivity contribution in [3.05, 3.63) is 47.9 Å². The first-order valence-electron chi connectivity index (χ1n) is 8.00. The lowest BCUT2D eigenvalue weighted by molar-refractivity contribution is -0.696. The van der Waals surface area contributed by atoms with Gasteiger partial charge in [-0.3, -0.25) is 0 Å². The molecule has 1 atom stereocenters. The van der Waals surface area contributed by atoms with Crippen LogP contribution in [0.1, 0.15) is 44.9 Å². The fourth-order valence-electron chi connectivity index (χ4n) is 3.67. The molecule has 1 aliphatic rings. The van der Waals surface area contributed by atoms with Crippen LogP contribution in [-0.2, 0) is 12.0 Å². The van der Waals surface area contributed by atoms with Gasteiger partial charge in [-0.15, -0.1) is 0 Å². The zero-order valence-corrected chi connectivity index (χ0v) is 13.6. The molecule has 21 heavy (non-hydrogen) atoms. The lowest BCUT2D eigenvalue weighted by atomic mass is 9.70. The van der Waals surface area contributed by atoms with Crippen LogP contribution in [0.2, 0.25) is 0 Å². The number of benzene rings is 1. The van der Waals surface area contributed by atoms with E-state index in [-0.39, 0.29) is 5.41 Å². The van der Waals surface area contributed by atoms with Crippen LogP contribution in [-0.4, -0.2) is 4.98 Å². The Morgan fingerprint density at radius 3 is 2.81 bits per heavy atom. The molecule has 0 amide bonds. The van der Waals surface area contributed by atoms with E-state index in [9.17, 15) is 0 Å². The summed E-state index contributed by atoms with van der Waals surface area (Å²) >= 11 is 0. The first-order valence-corrected chi connectivity index (χ1v) is 8.00. The Kier molecular flexibility index (Phi) is 3.56. The van der Waals surface area contributed by atoms with E-state index < -0.39 is 0 Å². The van der Waals surface area contributed by atoms with Crippen molar-refractivity contribution in [2.45, 2.75) is 52.5 Å². The van der Waals surface area contributed by atoms with Crippen LogP contribution >= 0.6 is 0 Å². The lowest BCUT2D eigenvalue weighted by Gasteiger charge is -2.33. The van der Waals surface area contributed by atoms with E-state index in [1.165, 1.54) is 29.7 Å². The molecule has 1 aliphatic heterocycles. The second kappa shape index (κ2) is 5.25. The van der Waals surface area contributed by atoms with E-state index >= 15 is 0 Å². The molecule has 2 heterocycles. The van der Waals surface area contributed by atoms with Gasteiger partial charge >= 0.3 is 0 Å². The summed E-state index contributed by atoms with van der Waals surface area (Å²) in [6.07, 6.45) is 4.50. The maximum atomic E-state index is 4.51. The SMILES string of the molecule is CCCC1C[n+]2cnc(C)cc2-c2ccccc2C1(C)C. The number of nitrogens with zero attached hydrogens (tertiary/aromatic N) is 2. The zero-order valence-electron chi connectivity index (χ0n) is 13.6. The standard InChI is InChI=1S/C19H25N2/c1-5-8-15-12-21-13-20-14(2)11-18(21)16-9-6-7-10-17(16)19(15,3)4/h6-7,9-11,13,15H,5,8,12H2,1-4H3/q+1. The summed E-state index contributed by atoms with van der Waals surface area (Å²) in [5, 5.41) is 0. The summed E-state index contributed by atoms with van der Waals surface area (Å²) in [5.41, 5.74) is 5.42. The number of rotatable bonds is 2. The van der Waals surface area contributed by atoms with Gasteiger partial charge in [-0.2, -0.15) is 0 Å². The quantitative estimate of drug-likeness (QED) is 0.759. The van der Waals surface area contributed by atoms with Gasteiger partial charge in [0.25, 0.3) is 6.33 Å². The molecule has 0 radical (unpaired) electrons. The van der Waals surface area contributed by atoms with Gasteiger partial charge in [0.2, 0.25) is 0 Å². The highest BCUT2D eigenvalue weighted by Crippen LogP contribution is 2.41. The summed E-state index contributed by atoms with van der Waals surface area (Å²) in [5.74, 6) is 0.638. The molecule has 0 fully saturated rings. The van der Waals surface area contributed by atoms with E-state index in [2.05, 4.69) is 67.6 Å². The lowest BCUT2D eigenvalue weighted by Crippen LogP contribution is -2.43. The third-order valence-electron chi connectivity index (χ3n) is 5.03. The van der Waals surface area contributed by atoms with E-state index in [4.69, 9.17) is 0 Å². The van der Waals surface area contributed by atoms with Crippen molar-refractivity contribution in [3.63, 3.8) is 0 Å². The summed E-state index contributed by atoms with van der Waals surface area (Å²) in [6.45, 7) is 10.2. The monoisotopic (exact) mass is 281 g/mol. The molecule has 1 aromatic heterocycles.